The average Bonchev–Trinajstić information content (AvgIpc) is 2.20. The molecule has 16 heavy (non-hydrogen) atoms. The molecule has 5 nitrogen and oxygen atoms in total. The molecule has 0 heterocycles. The Morgan fingerprint density at radius 2 is 2.06 bits per heavy atom. The fourth-order valence-corrected chi connectivity index (χ4v) is 1.02. The highest BCUT2D eigenvalue weighted by molar-refractivity contribution is 5.97. The van der Waals surface area contributed by atoms with E-state index in [1.807, 2.05) is 0 Å². The third kappa shape index (κ3) is 2.77. The molecule has 0 aromatic heterocycles. The molecule has 1 aromatic carbocycles. The smallest absolute Gasteiger partial charge is 0.248 e. The molecule has 1 aromatic rings. The van der Waals surface area contributed by atoms with Crippen molar-refractivity contribution in [2.24, 2.45) is 11.5 Å². The number of primary amides is 1. The number of hydrogen-bond donors (Lipinski definition) is 3. The maximum absolute atomic E-state index is 13.2. The van der Waals surface area contributed by atoms with E-state index in [1.54, 1.807) is 0 Å². The number of benzene rings is 1. The zero-order valence-electron chi connectivity index (χ0n) is 8.66. The maximum Gasteiger partial charge on any atom is 0.248 e. The highest BCUT2D eigenvalue weighted by Crippen LogP contribution is 2.16. The monoisotopic (exact) mass is 225 g/mol. The molecule has 5 N–H and O–H groups in total. The molecule has 2 amide bonds. The van der Waals surface area contributed by atoms with E-state index in [0.29, 0.717) is 0 Å². The van der Waals surface area contributed by atoms with Gasteiger partial charge in [0, 0.05) is 5.56 Å². The van der Waals surface area contributed by atoms with Crippen LogP contribution in [0.4, 0.5) is 10.1 Å². The third-order valence-electron chi connectivity index (χ3n) is 1.92. The Bertz CT molecular complexity index is 432. The van der Waals surface area contributed by atoms with Crippen LogP contribution in [0.25, 0.3) is 0 Å². The van der Waals surface area contributed by atoms with Crippen molar-refractivity contribution in [2.75, 3.05) is 5.32 Å². The summed E-state index contributed by atoms with van der Waals surface area (Å²) in [6.45, 7) is 1.46. The van der Waals surface area contributed by atoms with Gasteiger partial charge >= 0.3 is 0 Å². The van der Waals surface area contributed by atoms with Gasteiger partial charge in [0.1, 0.15) is 5.82 Å². The SMILES string of the molecule is C[C@H](N)C(=O)Nc1cc(C(N)=O)ccc1F. The lowest BCUT2D eigenvalue weighted by atomic mass is 10.2. The van der Waals surface area contributed by atoms with Crippen LogP contribution in [0.1, 0.15) is 17.3 Å². The second kappa shape index (κ2) is 4.71. The van der Waals surface area contributed by atoms with Gasteiger partial charge in [-0.05, 0) is 25.1 Å². The Kier molecular flexibility index (Phi) is 3.57. The Hall–Kier alpha value is -1.95. The van der Waals surface area contributed by atoms with Crippen LogP contribution in [0.2, 0.25) is 0 Å². The first-order chi connectivity index (χ1) is 7.41. The first-order valence-electron chi connectivity index (χ1n) is 4.57. The van der Waals surface area contributed by atoms with E-state index in [9.17, 15) is 14.0 Å². The molecule has 0 spiro atoms. The minimum absolute atomic E-state index is 0.112. The summed E-state index contributed by atoms with van der Waals surface area (Å²) in [5, 5.41) is 2.26. The number of halogens is 1. The molecule has 1 rings (SSSR count). The minimum Gasteiger partial charge on any atom is -0.366 e. The summed E-state index contributed by atoms with van der Waals surface area (Å²) in [5.41, 5.74) is 10.3. The first-order valence-corrected chi connectivity index (χ1v) is 4.57. The molecular formula is C10H12FN3O2. The van der Waals surface area contributed by atoms with E-state index >= 15 is 0 Å². The second-order valence-corrected chi connectivity index (χ2v) is 3.34. The number of anilines is 1. The summed E-state index contributed by atoms with van der Waals surface area (Å²) in [6, 6.07) is 2.69. The number of nitrogens with two attached hydrogens (primary N) is 2. The Morgan fingerprint density at radius 3 is 2.56 bits per heavy atom. The molecule has 0 unspecified atom stereocenters. The lowest BCUT2D eigenvalue weighted by molar-refractivity contribution is -0.117. The van der Waals surface area contributed by atoms with Crippen molar-refractivity contribution >= 4 is 17.5 Å². The highest BCUT2D eigenvalue weighted by Gasteiger charge is 2.12. The van der Waals surface area contributed by atoms with Gasteiger partial charge < -0.3 is 16.8 Å². The summed E-state index contributed by atoms with van der Waals surface area (Å²) in [5.74, 6) is -1.89. The Labute approximate surface area is 91.6 Å². The molecule has 0 saturated carbocycles. The van der Waals surface area contributed by atoms with Crippen molar-refractivity contribution < 1.29 is 14.0 Å². The van der Waals surface area contributed by atoms with Gasteiger partial charge in [-0.25, -0.2) is 4.39 Å². The molecule has 0 aliphatic rings. The van der Waals surface area contributed by atoms with Crippen molar-refractivity contribution in [3.05, 3.63) is 29.6 Å². The topological polar surface area (TPSA) is 98.2 Å². The van der Waals surface area contributed by atoms with E-state index in [0.717, 1.165) is 12.1 Å². The van der Waals surface area contributed by atoms with Crippen LogP contribution in [-0.4, -0.2) is 17.9 Å². The highest BCUT2D eigenvalue weighted by atomic mass is 19.1. The lowest BCUT2D eigenvalue weighted by Crippen LogP contribution is -2.32. The molecule has 86 valence electrons. The second-order valence-electron chi connectivity index (χ2n) is 3.34. The van der Waals surface area contributed by atoms with Gasteiger partial charge in [-0.15, -0.1) is 0 Å². The zero-order valence-corrected chi connectivity index (χ0v) is 8.66. The average molecular weight is 225 g/mol. The largest absolute Gasteiger partial charge is 0.366 e. The summed E-state index contributed by atoms with van der Waals surface area (Å²) in [7, 11) is 0. The van der Waals surface area contributed by atoms with Crippen molar-refractivity contribution in [3.8, 4) is 0 Å². The van der Waals surface area contributed by atoms with E-state index in [4.69, 9.17) is 11.5 Å². The molecule has 0 saturated heterocycles. The van der Waals surface area contributed by atoms with Gasteiger partial charge in [0.2, 0.25) is 11.8 Å². The van der Waals surface area contributed by atoms with Gasteiger partial charge in [-0.3, -0.25) is 9.59 Å². The molecule has 0 radical (unpaired) electrons. The summed E-state index contributed by atoms with van der Waals surface area (Å²) < 4.78 is 13.2. The van der Waals surface area contributed by atoms with E-state index in [1.165, 1.54) is 13.0 Å². The molecule has 1 atom stereocenters. The Morgan fingerprint density at radius 1 is 1.44 bits per heavy atom. The predicted octanol–water partition coefficient (Wildman–Crippen LogP) is 0.210. The van der Waals surface area contributed by atoms with Crippen LogP contribution >= 0.6 is 0 Å². The van der Waals surface area contributed by atoms with Crippen LogP contribution in [0.15, 0.2) is 18.2 Å². The number of amides is 2. The fraction of sp³-hybridized carbons (Fsp3) is 0.200. The van der Waals surface area contributed by atoms with Crippen molar-refractivity contribution in [1.82, 2.24) is 0 Å². The number of hydrogen-bond acceptors (Lipinski definition) is 3. The number of carbonyl (C=O) groups is 2. The maximum atomic E-state index is 13.2. The summed E-state index contributed by atoms with van der Waals surface area (Å²) >= 11 is 0. The molecule has 0 aliphatic carbocycles. The van der Waals surface area contributed by atoms with Crippen LogP contribution in [0.5, 0.6) is 0 Å². The number of rotatable bonds is 3. The zero-order chi connectivity index (χ0) is 12.3. The van der Waals surface area contributed by atoms with Crippen molar-refractivity contribution in [3.63, 3.8) is 0 Å². The summed E-state index contributed by atoms with van der Waals surface area (Å²) in [6.07, 6.45) is 0. The quantitative estimate of drug-likeness (QED) is 0.685. The van der Waals surface area contributed by atoms with Gasteiger partial charge in [0.15, 0.2) is 0 Å². The van der Waals surface area contributed by atoms with E-state index in [-0.39, 0.29) is 11.3 Å². The van der Waals surface area contributed by atoms with Gasteiger partial charge in [-0.2, -0.15) is 0 Å². The van der Waals surface area contributed by atoms with Crippen LogP contribution in [0, 0.1) is 5.82 Å². The van der Waals surface area contributed by atoms with Gasteiger partial charge in [-0.1, -0.05) is 0 Å². The van der Waals surface area contributed by atoms with Crippen LogP contribution in [0.3, 0.4) is 0 Å². The van der Waals surface area contributed by atoms with E-state index < -0.39 is 23.7 Å². The number of nitrogens with one attached hydrogen (secondary N) is 1. The normalized spacial score (nSPS) is 11.9. The predicted molar refractivity (Wildman–Crippen MR) is 57.2 cm³/mol. The summed E-state index contributed by atoms with van der Waals surface area (Å²) in [4.78, 5) is 22.1. The van der Waals surface area contributed by atoms with E-state index in [2.05, 4.69) is 5.32 Å². The first kappa shape index (κ1) is 12.1. The molecule has 0 aliphatic heterocycles. The molecule has 6 heteroatoms. The third-order valence-corrected chi connectivity index (χ3v) is 1.92. The van der Waals surface area contributed by atoms with Crippen molar-refractivity contribution in [1.29, 1.82) is 0 Å². The van der Waals surface area contributed by atoms with Crippen LogP contribution in [-0.2, 0) is 4.79 Å². The minimum atomic E-state index is -0.767. The standard InChI is InChI=1S/C10H12FN3O2/c1-5(12)10(16)14-8-4-6(9(13)15)2-3-7(8)11/h2-5H,12H2,1H3,(H2,13,15)(H,14,16)/t5-/m0/s1. The number of carbonyl (C=O) groups excluding carboxylic acids is 2. The molecule has 0 fully saturated rings. The lowest BCUT2D eigenvalue weighted by Gasteiger charge is -2.09. The van der Waals surface area contributed by atoms with Gasteiger partial charge in [0.25, 0.3) is 0 Å². The van der Waals surface area contributed by atoms with Gasteiger partial charge in [0.05, 0.1) is 11.7 Å². The van der Waals surface area contributed by atoms with Crippen LogP contribution < -0.4 is 16.8 Å². The fourth-order valence-electron chi connectivity index (χ4n) is 1.02. The molecule has 0 bridgehead atoms. The van der Waals surface area contributed by atoms with Crippen molar-refractivity contribution in [2.45, 2.75) is 13.0 Å². The Balaban J connectivity index is 2.99. The molecular weight excluding hydrogens is 213 g/mol.